The highest BCUT2D eigenvalue weighted by atomic mass is 35.5. The van der Waals surface area contributed by atoms with Gasteiger partial charge in [0.2, 0.25) is 0 Å². The Bertz CT molecular complexity index is 668. The smallest absolute Gasteiger partial charge is 0.0672 e. The normalized spacial score (nSPS) is 11.4. The lowest BCUT2D eigenvalue weighted by atomic mass is 10.1. The molecule has 0 bridgehead atoms. The molecule has 0 heterocycles. The van der Waals surface area contributed by atoms with Crippen LogP contribution in [0.5, 0.6) is 0 Å². The van der Waals surface area contributed by atoms with Crippen LogP contribution in [0.4, 0.5) is 11.4 Å². The van der Waals surface area contributed by atoms with E-state index in [-0.39, 0.29) is 0 Å². The molecule has 0 aliphatic carbocycles. The largest absolute Gasteiger partial charge is 0.388 e. The van der Waals surface area contributed by atoms with Crippen molar-refractivity contribution in [1.29, 1.82) is 0 Å². The number of anilines is 2. The number of nitrogens with zero attached hydrogens (tertiary/aromatic N) is 2. The topological polar surface area (TPSA) is 27.6 Å². The highest BCUT2D eigenvalue weighted by Crippen LogP contribution is 2.23. The molecule has 1 N–H and O–H groups in total. The molecule has 21 heavy (non-hydrogen) atoms. The summed E-state index contributed by atoms with van der Waals surface area (Å²) in [4.78, 5) is 0. The van der Waals surface area contributed by atoms with E-state index in [4.69, 9.17) is 23.2 Å². The Labute approximate surface area is 135 Å². The van der Waals surface area contributed by atoms with Gasteiger partial charge in [0.1, 0.15) is 0 Å². The number of benzene rings is 2. The van der Waals surface area contributed by atoms with E-state index >= 15 is 0 Å². The van der Waals surface area contributed by atoms with Crippen molar-refractivity contribution in [2.45, 2.75) is 6.92 Å². The average molecular weight is 322 g/mol. The van der Waals surface area contributed by atoms with E-state index in [0.717, 1.165) is 22.6 Å². The first-order valence-corrected chi connectivity index (χ1v) is 7.29. The first-order valence-electron chi connectivity index (χ1n) is 6.53. The molecule has 0 spiro atoms. The number of nitrogens with one attached hydrogen (secondary N) is 1. The van der Waals surface area contributed by atoms with Crippen LogP contribution < -0.4 is 10.3 Å². The fourth-order valence-electron chi connectivity index (χ4n) is 2.05. The van der Waals surface area contributed by atoms with Crippen molar-refractivity contribution in [3.05, 3.63) is 58.1 Å². The molecule has 110 valence electrons. The Morgan fingerprint density at radius 2 is 1.81 bits per heavy atom. The van der Waals surface area contributed by atoms with Gasteiger partial charge in [0.05, 0.1) is 11.4 Å². The molecule has 0 fully saturated rings. The molecule has 3 nitrogen and oxygen atoms in total. The maximum Gasteiger partial charge on any atom is 0.0672 e. The van der Waals surface area contributed by atoms with Crippen LogP contribution in [0.15, 0.2) is 47.6 Å². The van der Waals surface area contributed by atoms with Gasteiger partial charge in [-0.15, -0.1) is 0 Å². The maximum absolute atomic E-state index is 6.08. The predicted molar refractivity (Wildman–Crippen MR) is 93.1 cm³/mol. The third-order valence-corrected chi connectivity index (χ3v) is 3.59. The maximum atomic E-state index is 6.08. The lowest BCUT2D eigenvalue weighted by molar-refractivity contribution is 1.01. The third-order valence-electron chi connectivity index (χ3n) is 3.12. The van der Waals surface area contributed by atoms with Crippen molar-refractivity contribution >= 4 is 40.3 Å². The van der Waals surface area contributed by atoms with Crippen molar-refractivity contribution in [1.82, 2.24) is 0 Å². The van der Waals surface area contributed by atoms with Gasteiger partial charge in [-0.05, 0) is 43.3 Å². The molecule has 0 aliphatic heterocycles. The fourth-order valence-corrected chi connectivity index (χ4v) is 2.40. The monoisotopic (exact) mass is 321 g/mol. The molecule has 0 aliphatic rings. The zero-order valence-corrected chi connectivity index (χ0v) is 13.7. The van der Waals surface area contributed by atoms with Crippen molar-refractivity contribution < 1.29 is 0 Å². The minimum absolute atomic E-state index is 0.684. The predicted octanol–water partition coefficient (Wildman–Crippen LogP) is 4.90. The zero-order valence-electron chi connectivity index (χ0n) is 12.2. The molecule has 2 rings (SSSR count). The van der Waals surface area contributed by atoms with E-state index in [9.17, 15) is 0 Å². The summed E-state index contributed by atoms with van der Waals surface area (Å²) in [6, 6.07) is 13.3. The molecular formula is C16H17Cl2N3. The number of hydrogen-bond acceptors (Lipinski definition) is 3. The van der Waals surface area contributed by atoms with E-state index in [1.807, 2.05) is 63.5 Å². The third kappa shape index (κ3) is 3.90. The molecule has 2 aromatic carbocycles. The summed E-state index contributed by atoms with van der Waals surface area (Å²) in [6.45, 7) is 1.95. The van der Waals surface area contributed by atoms with Crippen molar-refractivity contribution in [3.63, 3.8) is 0 Å². The van der Waals surface area contributed by atoms with E-state index in [0.29, 0.717) is 10.0 Å². The second-order valence-corrected chi connectivity index (χ2v) is 5.50. The molecule has 0 radical (unpaired) electrons. The van der Waals surface area contributed by atoms with Gasteiger partial charge < -0.3 is 5.32 Å². The summed E-state index contributed by atoms with van der Waals surface area (Å²) >= 11 is 12.1. The van der Waals surface area contributed by atoms with Gasteiger partial charge in [0.15, 0.2) is 0 Å². The highest BCUT2D eigenvalue weighted by molar-refractivity contribution is 6.31. The number of halogens is 2. The Balaban J connectivity index is 2.34. The van der Waals surface area contributed by atoms with Crippen LogP contribution in [0, 0.1) is 0 Å². The second kappa shape index (κ2) is 6.83. The van der Waals surface area contributed by atoms with E-state index in [2.05, 4.69) is 10.4 Å². The Morgan fingerprint density at radius 1 is 1.10 bits per heavy atom. The fraction of sp³-hybridized carbons (Fsp3) is 0.188. The van der Waals surface area contributed by atoms with Crippen LogP contribution in [0.25, 0.3) is 0 Å². The number of hydrogen-bond donors (Lipinski definition) is 1. The highest BCUT2D eigenvalue weighted by Gasteiger charge is 2.07. The number of hydrazone groups is 1. The van der Waals surface area contributed by atoms with Crippen LogP contribution in [0.2, 0.25) is 10.0 Å². The van der Waals surface area contributed by atoms with Crippen LogP contribution in [-0.4, -0.2) is 19.8 Å². The van der Waals surface area contributed by atoms with Crippen molar-refractivity contribution in [2.75, 3.05) is 24.4 Å². The molecular weight excluding hydrogens is 305 g/mol. The van der Waals surface area contributed by atoms with E-state index in [1.54, 1.807) is 5.01 Å². The van der Waals surface area contributed by atoms with Crippen LogP contribution in [-0.2, 0) is 0 Å². The van der Waals surface area contributed by atoms with Crippen molar-refractivity contribution in [3.8, 4) is 0 Å². The summed E-state index contributed by atoms with van der Waals surface area (Å²) in [5, 5.41) is 10.9. The van der Waals surface area contributed by atoms with Crippen LogP contribution in [0.3, 0.4) is 0 Å². The Kier molecular flexibility index (Phi) is 5.10. The Hall–Kier alpha value is -1.71. The van der Waals surface area contributed by atoms with Crippen LogP contribution >= 0.6 is 23.2 Å². The van der Waals surface area contributed by atoms with Gasteiger partial charge in [0.25, 0.3) is 0 Å². The van der Waals surface area contributed by atoms with Gasteiger partial charge >= 0.3 is 0 Å². The second-order valence-electron chi connectivity index (χ2n) is 4.63. The minimum atomic E-state index is 0.684. The summed E-state index contributed by atoms with van der Waals surface area (Å²) in [5.41, 5.74) is 3.75. The first-order chi connectivity index (χ1) is 10.0. The molecule has 0 atom stereocenters. The average Bonchev–Trinajstić information content (AvgIpc) is 2.47. The van der Waals surface area contributed by atoms with Crippen LogP contribution in [0.1, 0.15) is 12.5 Å². The van der Waals surface area contributed by atoms with Gasteiger partial charge in [-0.2, -0.15) is 5.10 Å². The first kappa shape index (κ1) is 15.7. The summed E-state index contributed by atoms with van der Waals surface area (Å²) in [5.74, 6) is 0. The summed E-state index contributed by atoms with van der Waals surface area (Å²) < 4.78 is 0. The molecule has 0 aromatic heterocycles. The van der Waals surface area contributed by atoms with Gasteiger partial charge in [-0.3, -0.25) is 5.01 Å². The molecule has 0 saturated heterocycles. The van der Waals surface area contributed by atoms with E-state index in [1.165, 1.54) is 0 Å². The SMILES string of the molecule is CNc1ccc(Cl)cc1/C(C)=N\N(C)c1cccc(Cl)c1. The molecule has 5 heteroatoms. The lowest BCUT2D eigenvalue weighted by Gasteiger charge is -2.16. The summed E-state index contributed by atoms with van der Waals surface area (Å²) in [7, 11) is 3.76. The van der Waals surface area contributed by atoms with E-state index < -0.39 is 0 Å². The molecule has 0 amide bonds. The van der Waals surface area contributed by atoms with Gasteiger partial charge in [-0.1, -0.05) is 29.3 Å². The molecule has 0 saturated carbocycles. The van der Waals surface area contributed by atoms with Gasteiger partial charge in [-0.25, -0.2) is 0 Å². The molecule has 2 aromatic rings. The minimum Gasteiger partial charge on any atom is -0.388 e. The number of rotatable bonds is 4. The van der Waals surface area contributed by atoms with Crippen molar-refractivity contribution in [2.24, 2.45) is 5.10 Å². The standard InChI is InChI=1S/C16H17Cl2N3/c1-11(15-10-13(18)7-8-16(15)19-2)20-21(3)14-6-4-5-12(17)9-14/h4-10,19H,1-3H3/b20-11-. The zero-order chi connectivity index (χ0) is 15.4. The lowest BCUT2D eigenvalue weighted by Crippen LogP contribution is -2.13. The molecule has 0 unspecified atom stereocenters. The quantitative estimate of drug-likeness (QED) is 0.641. The van der Waals surface area contributed by atoms with Gasteiger partial charge in [0, 0.05) is 35.4 Å². The Morgan fingerprint density at radius 3 is 2.48 bits per heavy atom. The summed E-state index contributed by atoms with van der Waals surface area (Å²) in [6.07, 6.45) is 0.